The summed E-state index contributed by atoms with van der Waals surface area (Å²) >= 11 is 0. The Balaban J connectivity index is 1.28. The summed E-state index contributed by atoms with van der Waals surface area (Å²) in [5.74, 6) is 0. The number of rotatable bonds is 6. The maximum absolute atomic E-state index is 5.85. The Hall–Kier alpha value is -8.08. The van der Waals surface area contributed by atoms with Gasteiger partial charge in [-0.1, -0.05) is 258 Å². The van der Waals surface area contributed by atoms with Gasteiger partial charge in [0, 0.05) is 44.3 Å². The molecule has 3 aromatic heterocycles. The molecule has 426 valence electrons. The molecule has 0 radical (unpaired) electrons. The van der Waals surface area contributed by atoms with Gasteiger partial charge in [0.15, 0.2) is 0 Å². The van der Waals surface area contributed by atoms with Gasteiger partial charge in [-0.05, 0) is 159 Å². The lowest BCUT2D eigenvalue weighted by Crippen LogP contribution is -2.16. The molecule has 6 aromatic carbocycles. The highest BCUT2D eigenvalue weighted by molar-refractivity contribution is 6.00. The molecule has 8 bridgehead atoms. The van der Waals surface area contributed by atoms with Crippen LogP contribution >= 0.6 is 0 Å². The minimum Gasteiger partial charge on any atom is -0.354 e. The number of aromatic nitrogens is 4. The van der Waals surface area contributed by atoms with Crippen LogP contribution in [-0.2, 0) is 32.5 Å². The van der Waals surface area contributed by atoms with Crippen molar-refractivity contribution in [2.45, 2.75) is 157 Å². The first-order chi connectivity index (χ1) is 39.4. The maximum atomic E-state index is 5.85. The van der Waals surface area contributed by atoms with Gasteiger partial charge in [-0.15, -0.1) is 0 Å². The van der Waals surface area contributed by atoms with Crippen molar-refractivity contribution in [1.29, 1.82) is 0 Å². The van der Waals surface area contributed by atoms with E-state index in [2.05, 4.69) is 317 Å². The van der Waals surface area contributed by atoms with E-state index in [0.29, 0.717) is 0 Å². The van der Waals surface area contributed by atoms with Crippen molar-refractivity contribution in [2.75, 3.05) is 0 Å². The fourth-order valence-corrected chi connectivity index (χ4v) is 11.6. The number of fused-ring (bicyclic) bond motifs is 8. The second-order valence-electron chi connectivity index (χ2n) is 29.9. The van der Waals surface area contributed by atoms with Crippen LogP contribution in [-0.4, -0.2) is 19.9 Å². The van der Waals surface area contributed by atoms with Crippen LogP contribution in [0.15, 0.2) is 158 Å². The van der Waals surface area contributed by atoms with Gasteiger partial charge in [0.05, 0.1) is 22.8 Å². The lowest BCUT2D eigenvalue weighted by molar-refractivity contribution is 0.568. The van der Waals surface area contributed by atoms with E-state index in [0.717, 1.165) is 94.9 Å². The summed E-state index contributed by atoms with van der Waals surface area (Å²) in [4.78, 5) is 19.9. The Bertz CT molecular complexity index is 4070. The monoisotopic (exact) mass is 1100 g/mol. The molecular formula is C80H86N4. The molecule has 5 heterocycles. The van der Waals surface area contributed by atoms with Crippen molar-refractivity contribution in [3.8, 4) is 66.8 Å². The molecule has 0 aliphatic carbocycles. The predicted octanol–water partition coefficient (Wildman–Crippen LogP) is 22.4. The van der Waals surface area contributed by atoms with Gasteiger partial charge >= 0.3 is 0 Å². The molecule has 0 fully saturated rings. The first kappa shape index (κ1) is 57.7. The van der Waals surface area contributed by atoms with Crippen molar-refractivity contribution in [3.05, 3.63) is 214 Å². The Kier molecular flexibility index (Phi) is 14.4. The first-order valence-corrected chi connectivity index (χ1v) is 30.3. The van der Waals surface area contributed by atoms with E-state index in [1.165, 1.54) is 50.1 Å². The van der Waals surface area contributed by atoms with Gasteiger partial charge in [0.2, 0.25) is 0 Å². The molecule has 2 N–H and O–H groups in total. The largest absolute Gasteiger partial charge is 0.354 e. The molecule has 0 atom stereocenters. The average molecular weight is 1100 g/mol. The zero-order valence-corrected chi connectivity index (χ0v) is 53.2. The third kappa shape index (κ3) is 11.6. The van der Waals surface area contributed by atoms with E-state index < -0.39 is 0 Å². The summed E-state index contributed by atoms with van der Waals surface area (Å²) in [5, 5.41) is 0. The third-order valence-electron chi connectivity index (χ3n) is 17.1. The second kappa shape index (κ2) is 20.9. The average Bonchev–Trinajstić information content (AvgIpc) is 2.64. The summed E-state index contributed by atoms with van der Waals surface area (Å²) in [5.41, 5.74) is 28.0. The summed E-state index contributed by atoms with van der Waals surface area (Å²) in [7, 11) is 0. The lowest BCUT2D eigenvalue weighted by atomic mass is 9.78. The van der Waals surface area contributed by atoms with Crippen molar-refractivity contribution < 1.29 is 0 Å². The molecule has 0 amide bonds. The van der Waals surface area contributed by atoms with E-state index >= 15 is 0 Å². The van der Waals surface area contributed by atoms with Crippen LogP contribution in [0.25, 0.3) is 113 Å². The third-order valence-corrected chi connectivity index (χ3v) is 17.1. The molecule has 2 aliphatic heterocycles. The topological polar surface area (TPSA) is 57.4 Å². The highest BCUT2D eigenvalue weighted by Gasteiger charge is 2.28. The second-order valence-corrected chi connectivity index (χ2v) is 29.9. The number of nitrogens with zero attached hydrogens (tertiary/aromatic N) is 2. The van der Waals surface area contributed by atoms with Crippen LogP contribution in [0.3, 0.4) is 0 Å². The summed E-state index contributed by atoms with van der Waals surface area (Å²) in [6.07, 6.45) is 8.95. The Morgan fingerprint density at radius 1 is 0.226 bits per heavy atom. The van der Waals surface area contributed by atoms with Crippen LogP contribution in [0.5, 0.6) is 0 Å². The molecule has 0 spiro atoms. The van der Waals surface area contributed by atoms with E-state index in [1.807, 2.05) is 0 Å². The van der Waals surface area contributed by atoms with E-state index in [9.17, 15) is 0 Å². The van der Waals surface area contributed by atoms with Crippen LogP contribution in [0, 0.1) is 0 Å². The summed E-state index contributed by atoms with van der Waals surface area (Å²) in [6.45, 7) is 41.7. The van der Waals surface area contributed by atoms with Crippen LogP contribution in [0.4, 0.5) is 0 Å². The quantitative estimate of drug-likeness (QED) is 0.174. The maximum Gasteiger partial charge on any atom is 0.0737 e. The van der Waals surface area contributed by atoms with Crippen molar-refractivity contribution in [2.24, 2.45) is 0 Å². The van der Waals surface area contributed by atoms with Crippen molar-refractivity contribution in [1.82, 2.24) is 19.9 Å². The van der Waals surface area contributed by atoms with Crippen LogP contribution in [0.1, 0.15) is 181 Å². The van der Waals surface area contributed by atoms with E-state index in [1.54, 1.807) is 0 Å². The molecule has 9 aromatic rings. The summed E-state index contributed by atoms with van der Waals surface area (Å²) < 4.78 is 0. The molecule has 2 aliphatic rings. The van der Waals surface area contributed by atoms with E-state index in [-0.39, 0.29) is 32.5 Å². The number of hydrogen-bond acceptors (Lipinski definition) is 2. The first-order valence-electron chi connectivity index (χ1n) is 30.3. The molecule has 4 nitrogen and oxygen atoms in total. The Morgan fingerprint density at radius 2 is 0.440 bits per heavy atom. The standard InChI is InChI=1S/C80H86N4/c1-75(2,3)57-40-54(41-58(46-57)76(4,5)6)72-65-34-32-63(81-65)71(53-30-28-52(29-31-53)51-26-24-50(25-27-51)49-22-20-19-21-23-49)64-33-35-66(82-64)73(55-42-59(77(7,8)9)47-60(43-55)78(10,11)12)68-37-39-70(84-68)74(69-38-36-67(72)83-69)56-44-61(79(13,14)15)48-62(45-56)80(16,17)18/h19-48,81,84H,1-18H3. The minimum absolute atomic E-state index is 0.104. The summed E-state index contributed by atoms with van der Waals surface area (Å²) in [6, 6.07) is 59.3. The highest BCUT2D eigenvalue weighted by atomic mass is 14.8. The van der Waals surface area contributed by atoms with Gasteiger partial charge in [-0.25, -0.2) is 9.97 Å². The van der Waals surface area contributed by atoms with Crippen molar-refractivity contribution in [3.63, 3.8) is 0 Å². The fraction of sp³-hybridized carbons (Fsp3) is 0.300. The van der Waals surface area contributed by atoms with Gasteiger partial charge in [0.1, 0.15) is 0 Å². The van der Waals surface area contributed by atoms with Gasteiger partial charge in [-0.2, -0.15) is 0 Å². The number of H-pyrrole nitrogens is 2. The minimum atomic E-state index is -0.105. The van der Waals surface area contributed by atoms with Crippen LogP contribution < -0.4 is 0 Å². The zero-order chi connectivity index (χ0) is 60.1. The normalized spacial score (nSPS) is 13.3. The van der Waals surface area contributed by atoms with Crippen LogP contribution in [0.2, 0.25) is 0 Å². The van der Waals surface area contributed by atoms with Gasteiger partial charge < -0.3 is 9.97 Å². The Labute approximate surface area is 501 Å². The highest BCUT2D eigenvalue weighted by Crippen LogP contribution is 2.44. The molecule has 0 unspecified atom stereocenters. The SMILES string of the molecule is CC(C)(C)c1cc(-c2c3nc(c(-c4cc(C(C)(C)C)cc(C(C)(C)C)c4)c4ccc([nH]4)c(-c4cc(C(C)(C)C)cc(C(C)(C)C)c4)c4nc(c(-c5ccc(-c6ccc(-c7ccccc7)cc6)cc5)c5ccc2[nH]5)C=C4)C=C3)cc(C(C)(C)C)c1. The fourth-order valence-electron chi connectivity index (χ4n) is 11.6. The molecule has 4 heteroatoms. The van der Waals surface area contributed by atoms with Crippen molar-refractivity contribution >= 4 is 46.4 Å². The molecule has 11 rings (SSSR count). The number of benzene rings is 6. The van der Waals surface area contributed by atoms with Gasteiger partial charge in [0.25, 0.3) is 0 Å². The molecular weight excluding hydrogens is 1020 g/mol. The van der Waals surface area contributed by atoms with E-state index in [4.69, 9.17) is 9.97 Å². The number of nitrogens with one attached hydrogen (secondary N) is 2. The van der Waals surface area contributed by atoms with Gasteiger partial charge in [-0.3, -0.25) is 0 Å². The zero-order valence-electron chi connectivity index (χ0n) is 53.2. The Morgan fingerprint density at radius 3 is 0.679 bits per heavy atom. The molecule has 0 saturated heterocycles. The predicted molar refractivity (Wildman–Crippen MR) is 364 cm³/mol. The smallest absolute Gasteiger partial charge is 0.0737 e. The molecule has 84 heavy (non-hydrogen) atoms. The molecule has 0 saturated carbocycles. The number of hydrogen-bond donors (Lipinski definition) is 2. The lowest BCUT2D eigenvalue weighted by Gasteiger charge is -2.26. The number of aromatic amines is 2.